The molecule has 0 atom stereocenters. The van der Waals surface area contributed by atoms with Crippen molar-refractivity contribution in [3.63, 3.8) is 0 Å². The lowest BCUT2D eigenvalue weighted by atomic mass is 9.95. The number of hydrogen-bond donors (Lipinski definition) is 0. The summed E-state index contributed by atoms with van der Waals surface area (Å²) in [4.78, 5) is 3.94. The smallest absolute Gasteiger partial charge is 0.195 e. The Morgan fingerprint density at radius 2 is 0.979 bits per heavy atom. The van der Waals surface area contributed by atoms with Gasteiger partial charge in [0.1, 0.15) is 0 Å². The monoisotopic (exact) mass is 610 g/mol. The van der Waals surface area contributed by atoms with E-state index in [2.05, 4.69) is 147 Å². The Morgan fingerprint density at radius 1 is 0.479 bits per heavy atom. The molecule has 9 aromatic rings. The maximum absolute atomic E-state index is 9.95. The standard InChI is InChI=1S/C44H26N4/c1-46-39-24-21-31(30-19-22-32(23-20-30)47-40-14-6-2-10-33(40)34-11-3-7-15-41(34)47)27-37(39)38-26-29(28-45)18-25-44(38)48-42-16-8-4-12-35(42)36-13-5-9-17-43(36)48/h2-27H. The van der Waals surface area contributed by atoms with Gasteiger partial charge < -0.3 is 9.13 Å². The summed E-state index contributed by atoms with van der Waals surface area (Å²) >= 11 is 0. The van der Waals surface area contributed by atoms with Crippen LogP contribution in [-0.4, -0.2) is 9.13 Å². The fourth-order valence-electron chi connectivity index (χ4n) is 7.23. The molecule has 0 amide bonds. The summed E-state index contributed by atoms with van der Waals surface area (Å²) in [5, 5.41) is 14.7. The Morgan fingerprint density at radius 3 is 1.50 bits per heavy atom. The van der Waals surface area contributed by atoms with E-state index in [9.17, 15) is 5.26 Å². The van der Waals surface area contributed by atoms with Crippen LogP contribution in [0.25, 0.3) is 82.1 Å². The van der Waals surface area contributed by atoms with Crippen molar-refractivity contribution in [3.05, 3.63) is 175 Å². The van der Waals surface area contributed by atoms with Crippen molar-refractivity contribution in [1.82, 2.24) is 9.13 Å². The minimum absolute atomic E-state index is 0.540. The number of benzene rings is 7. The van der Waals surface area contributed by atoms with Gasteiger partial charge in [0.25, 0.3) is 0 Å². The lowest BCUT2D eigenvalue weighted by Crippen LogP contribution is -1.98. The predicted molar refractivity (Wildman–Crippen MR) is 197 cm³/mol. The first-order valence-corrected chi connectivity index (χ1v) is 15.9. The third-order valence-electron chi connectivity index (χ3n) is 9.39. The van der Waals surface area contributed by atoms with Crippen LogP contribution in [0, 0.1) is 17.9 Å². The van der Waals surface area contributed by atoms with E-state index in [1.165, 1.54) is 21.8 Å². The van der Waals surface area contributed by atoms with E-state index in [-0.39, 0.29) is 0 Å². The zero-order valence-electron chi connectivity index (χ0n) is 25.8. The maximum atomic E-state index is 9.95. The molecule has 0 bridgehead atoms. The summed E-state index contributed by atoms with van der Waals surface area (Å²) in [6.45, 7) is 8.11. The van der Waals surface area contributed by atoms with E-state index in [0.717, 1.165) is 55.4 Å². The molecule has 48 heavy (non-hydrogen) atoms. The number of para-hydroxylation sites is 4. The third-order valence-corrected chi connectivity index (χ3v) is 9.39. The van der Waals surface area contributed by atoms with Gasteiger partial charge in [-0.3, -0.25) is 0 Å². The van der Waals surface area contributed by atoms with Crippen LogP contribution in [0.5, 0.6) is 0 Å². The second-order valence-corrected chi connectivity index (χ2v) is 12.0. The largest absolute Gasteiger partial charge is 0.309 e. The lowest BCUT2D eigenvalue weighted by molar-refractivity contribution is 1.18. The molecule has 0 saturated carbocycles. The number of fused-ring (bicyclic) bond motifs is 6. The van der Waals surface area contributed by atoms with Crippen molar-refractivity contribution in [3.8, 4) is 39.7 Å². The number of aromatic nitrogens is 2. The average molecular weight is 611 g/mol. The highest BCUT2D eigenvalue weighted by Gasteiger charge is 2.19. The third kappa shape index (κ3) is 4.14. The molecule has 7 aromatic carbocycles. The topological polar surface area (TPSA) is 38.0 Å². The van der Waals surface area contributed by atoms with E-state index >= 15 is 0 Å². The van der Waals surface area contributed by atoms with Crippen molar-refractivity contribution in [2.24, 2.45) is 0 Å². The minimum atomic E-state index is 0.540. The predicted octanol–water partition coefficient (Wildman–Crippen LogP) is 11.6. The Kier molecular flexibility index (Phi) is 6.22. The molecule has 2 aromatic heterocycles. The molecule has 4 nitrogen and oxygen atoms in total. The summed E-state index contributed by atoms with van der Waals surface area (Å²) in [6.07, 6.45) is 0. The molecule has 0 N–H and O–H groups in total. The second kappa shape index (κ2) is 10.9. The van der Waals surface area contributed by atoms with Crippen LogP contribution in [0.1, 0.15) is 5.56 Å². The molecule has 0 saturated heterocycles. The highest BCUT2D eigenvalue weighted by Crippen LogP contribution is 2.41. The molecule has 0 spiro atoms. The fraction of sp³-hybridized carbons (Fsp3) is 0. The van der Waals surface area contributed by atoms with Gasteiger partial charge in [0.15, 0.2) is 5.69 Å². The van der Waals surface area contributed by atoms with E-state index < -0.39 is 0 Å². The van der Waals surface area contributed by atoms with Crippen LogP contribution in [-0.2, 0) is 0 Å². The molecule has 0 radical (unpaired) electrons. The van der Waals surface area contributed by atoms with Crippen molar-refractivity contribution < 1.29 is 0 Å². The van der Waals surface area contributed by atoms with Crippen LogP contribution < -0.4 is 0 Å². The molecule has 0 aliphatic carbocycles. The van der Waals surface area contributed by atoms with Crippen LogP contribution in [0.4, 0.5) is 5.69 Å². The summed E-state index contributed by atoms with van der Waals surface area (Å²) in [6, 6.07) is 56.5. The van der Waals surface area contributed by atoms with Gasteiger partial charge >= 0.3 is 0 Å². The van der Waals surface area contributed by atoms with E-state index in [4.69, 9.17) is 6.57 Å². The molecular weight excluding hydrogens is 585 g/mol. The molecule has 0 fully saturated rings. The highest BCUT2D eigenvalue weighted by molar-refractivity contribution is 6.10. The van der Waals surface area contributed by atoms with Crippen LogP contribution in [0.3, 0.4) is 0 Å². The molecular formula is C44H26N4. The second-order valence-electron chi connectivity index (χ2n) is 12.0. The van der Waals surface area contributed by atoms with Gasteiger partial charge in [-0.1, -0.05) is 103 Å². The molecule has 4 heteroatoms. The normalized spacial score (nSPS) is 11.3. The van der Waals surface area contributed by atoms with Crippen LogP contribution in [0.2, 0.25) is 0 Å². The van der Waals surface area contributed by atoms with Crippen molar-refractivity contribution in [2.45, 2.75) is 0 Å². The molecule has 9 rings (SSSR count). The van der Waals surface area contributed by atoms with Crippen molar-refractivity contribution >= 4 is 49.3 Å². The first-order valence-electron chi connectivity index (χ1n) is 15.9. The van der Waals surface area contributed by atoms with Gasteiger partial charge in [-0.25, -0.2) is 4.85 Å². The average Bonchev–Trinajstić information content (AvgIpc) is 3.67. The first kappa shape index (κ1) is 27.4. The number of nitriles is 1. The van der Waals surface area contributed by atoms with Crippen LogP contribution in [0.15, 0.2) is 158 Å². The Balaban J connectivity index is 1.21. The maximum Gasteiger partial charge on any atom is 0.195 e. The zero-order chi connectivity index (χ0) is 32.2. The number of nitrogens with zero attached hydrogens (tertiary/aromatic N) is 4. The molecule has 222 valence electrons. The summed E-state index contributed by atoms with van der Waals surface area (Å²) < 4.78 is 4.56. The van der Waals surface area contributed by atoms with Crippen molar-refractivity contribution in [2.75, 3.05) is 0 Å². The van der Waals surface area contributed by atoms with Crippen LogP contribution >= 0.6 is 0 Å². The van der Waals surface area contributed by atoms with Gasteiger partial charge in [-0.15, -0.1) is 0 Å². The minimum Gasteiger partial charge on any atom is -0.309 e. The lowest BCUT2D eigenvalue weighted by Gasteiger charge is -2.17. The van der Waals surface area contributed by atoms with Crippen molar-refractivity contribution in [1.29, 1.82) is 5.26 Å². The van der Waals surface area contributed by atoms with E-state index in [1.54, 1.807) is 0 Å². The highest BCUT2D eigenvalue weighted by atomic mass is 15.0. The fourth-order valence-corrected chi connectivity index (χ4v) is 7.23. The molecule has 0 unspecified atom stereocenters. The van der Waals surface area contributed by atoms with Gasteiger partial charge in [0, 0.05) is 27.2 Å². The molecule has 0 aliphatic rings. The molecule has 2 heterocycles. The summed E-state index contributed by atoms with van der Waals surface area (Å²) in [7, 11) is 0. The van der Waals surface area contributed by atoms with Gasteiger partial charge in [0.05, 0.1) is 46.0 Å². The Labute approximate surface area is 277 Å². The summed E-state index contributed by atoms with van der Waals surface area (Å²) in [5.74, 6) is 0. The van der Waals surface area contributed by atoms with Gasteiger partial charge in [-0.05, 0) is 76.9 Å². The van der Waals surface area contributed by atoms with Gasteiger partial charge in [0.2, 0.25) is 0 Å². The first-order chi connectivity index (χ1) is 23.7. The Hall–Kier alpha value is -6.88. The summed E-state index contributed by atoms with van der Waals surface area (Å²) in [5.41, 5.74) is 11.3. The molecule has 0 aliphatic heterocycles. The number of hydrogen-bond acceptors (Lipinski definition) is 1. The van der Waals surface area contributed by atoms with E-state index in [1.807, 2.05) is 30.3 Å². The quantitative estimate of drug-likeness (QED) is 0.183. The van der Waals surface area contributed by atoms with E-state index in [0.29, 0.717) is 11.3 Å². The Bertz CT molecular complexity index is 2690. The zero-order valence-corrected chi connectivity index (χ0v) is 25.8. The van der Waals surface area contributed by atoms with Gasteiger partial charge in [-0.2, -0.15) is 5.26 Å². The number of rotatable bonds is 4. The SMILES string of the molecule is [C-]#[N+]c1ccc(-c2ccc(-n3c4ccccc4c4ccccc43)cc2)cc1-c1cc(C#N)ccc1-n1c2ccccc2c2ccccc21.